The molecule has 2 heterocycles. The summed E-state index contributed by atoms with van der Waals surface area (Å²) in [4.78, 5) is 13.6. The van der Waals surface area contributed by atoms with Crippen LogP contribution in [0.2, 0.25) is 0 Å². The molecule has 90 valence electrons. The van der Waals surface area contributed by atoms with Crippen LogP contribution in [-0.2, 0) is 6.42 Å². The van der Waals surface area contributed by atoms with Crippen molar-refractivity contribution in [1.29, 1.82) is 0 Å². The summed E-state index contributed by atoms with van der Waals surface area (Å²) in [5.41, 5.74) is 2.94. The summed E-state index contributed by atoms with van der Waals surface area (Å²) in [7, 11) is 1.78. The van der Waals surface area contributed by atoms with E-state index in [1.807, 2.05) is 12.4 Å². The van der Waals surface area contributed by atoms with Gasteiger partial charge in [-0.25, -0.2) is 9.97 Å². The number of nitrogens with zero attached hydrogens (tertiary/aromatic N) is 3. The van der Waals surface area contributed by atoms with Crippen LogP contribution in [0.4, 0.5) is 5.95 Å². The van der Waals surface area contributed by atoms with Crippen molar-refractivity contribution >= 4 is 17.3 Å². The van der Waals surface area contributed by atoms with E-state index in [9.17, 15) is 0 Å². The zero-order chi connectivity index (χ0) is 12.1. The van der Waals surface area contributed by atoms with E-state index >= 15 is 0 Å². The topological polar surface area (TPSA) is 59.9 Å². The molecule has 5 nitrogen and oxygen atoms in total. The quantitative estimate of drug-likeness (QED) is 0.878. The molecule has 2 aromatic rings. The van der Waals surface area contributed by atoms with Gasteiger partial charge < -0.3 is 10.1 Å². The third-order valence-corrected chi connectivity index (χ3v) is 3.27. The molecule has 0 saturated heterocycles. The highest BCUT2D eigenvalue weighted by atomic mass is 32.1. The van der Waals surface area contributed by atoms with Gasteiger partial charge >= 0.3 is 0 Å². The molecule has 0 atom stereocenters. The van der Waals surface area contributed by atoms with E-state index in [4.69, 9.17) is 4.74 Å². The van der Waals surface area contributed by atoms with Crippen molar-refractivity contribution in [2.45, 2.75) is 13.3 Å². The van der Waals surface area contributed by atoms with Crippen molar-refractivity contribution in [2.24, 2.45) is 0 Å². The predicted molar refractivity (Wildman–Crippen MR) is 67.6 cm³/mol. The Morgan fingerprint density at radius 1 is 1.41 bits per heavy atom. The Morgan fingerprint density at radius 3 is 3.00 bits per heavy atom. The Labute approximate surface area is 104 Å². The normalized spacial score (nSPS) is 10.2. The van der Waals surface area contributed by atoms with Crippen LogP contribution in [0.5, 0.6) is 5.88 Å². The van der Waals surface area contributed by atoms with Crippen molar-refractivity contribution in [2.75, 3.05) is 19.0 Å². The molecule has 0 amide bonds. The van der Waals surface area contributed by atoms with E-state index in [0.29, 0.717) is 18.4 Å². The lowest BCUT2D eigenvalue weighted by molar-refractivity contribution is 0.310. The number of hydrogen-bond donors (Lipinski definition) is 1. The standard InChI is InChI=1S/C11H14N4OS/c1-8-9(17-7-14-8)4-6-16-10-3-5-13-11(12-2)15-10/h3,5,7H,4,6H2,1-2H3,(H,12,13,15). The molecular weight excluding hydrogens is 236 g/mol. The van der Waals surface area contributed by atoms with Gasteiger partial charge in [-0.2, -0.15) is 4.98 Å². The van der Waals surface area contributed by atoms with Crippen molar-refractivity contribution in [3.63, 3.8) is 0 Å². The zero-order valence-corrected chi connectivity index (χ0v) is 10.6. The first kappa shape index (κ1) is 11.8. The second-order valence-electron chi connectivity index (χ2n) is 3.43. The SMILES string of the molecule is CNc1nccc(OCCc2scnc2C)n1. The van der Waals surface area contributed by atoms with Gasteiger partial charge in [0.1, 0.15) is 0 Å². The van der Waals surface area contributed by atoms with E-state index in [0.717, 1.165) is 12.1 Å². The average molecular weight is 250 g/mol. The molecule has 1 N–H and O–H groups in total. The van der Waals surface area contributed by atoms with Crippen LogP contribution in [0.15, 0.2) is 17.8 Å². The van der Waals surface area contributed by atoms with Crippen molar-refractivity contribution in [3.05, 3.63) is 28.3 Å². The maximum absolute atomic E-state index is 5.56. The highest BCUT2D eigenvalue weighted by Crippen LogP contribution is 2.14. The number of aryl methyl sites for hydroxylation is 1. The Morgan fingerprint density at radius 2 is 2.29 bits per heavy atom. The van der Waals surface area contributed by atoms with Gasteiger partial charge in [-0.1, -0.05) is 0 Å². The van der Waals surface area contributed by atoms with E-state index in [1.54, 1.807) is 30.6 Å². The van der Waals surface area contributed by atoms with E-state index in [-0.39, 0.29) is 0 Å². The molecule has 0 fully saturated rings. The monoisotopic (exact) mass is 250 g/mol. The van der Waals surface area contributed by atoms with Gasteiger partial charge in [0, 0.05) is 30.6 Å². The highest BCUT2D eigenvalue weighted by molar-refractivity contribution is 7.09. The molecule has 0 radical (unpaired) electrons. The Bertz CT molecular complexity index is 486. The largest absolute Gasteiger partial charge is 0.477 e. The molecule has 6 heteroatoms. The van der Waals surface area contributed by atoms with Gasteiger partial charge in [0.25, 0.3) is 0 Å². The van der Waals surface area contributed by atoms with Crippen LogP contribution >= 0.6 is 11.3 Å². The van der Waals surface area contributed by atoms with Gasteiger partial charge in [-0.05, 0) is 6.92 Å². The molecule has 0 bridgehead atoms. The minimum Gasteiger partial charge on any atom is -0.477 e. The van der Waals surface area contributed by atoms with E-state index in [1.165, 1.54) is 4.88 Å². The lowest BCUT2D eigenvalue weighted by atomic mass is 10.3. The van der Waals surface area contributed by atoms with Gasteiger partial charge in [0.15, 0.2) is 0 Å². The summed E-state index contributed by atoms with van der Waals surface area (Å²) in [6, 6.07) is 1.75. The molecule has 0 aliphatic carbocycles. The van der Waals surface area contributed by atoms with Gasteiger partial charge in [-0.15, -0.1) is 11.3 Å². The van der Waals surface area contributed by atoms with Crippen LogP contribution in [0, 0.1) is 6.92 Å². The molecular formula is C11H14N4OS. The summed E-state index contributed by atoms with van der Waals surface area (Å²) in [6.07, 6.45) is 2.53. The summed E-state index contributed by atoms with van der Waals surface area (Å²) in [5, 5.41) is 2.87. The Kier molecular flexibility index (Phi) is 3.87. The lowest BCUT2D eigenvalue weighted by Gasteiger charge is -2.05. The first-order valence-corrected chi connectivity index (χ1v) is 6.20. The number of ether oxygens (including phenoxy) is 1. The number of anilines is 1. The highest BCUT2D eigenvalue weighted by Gasteiger charge is 2.02. The van der Waals surface area contributed by atoms with Crippen LogP contribution < -0.4 is 10.1 Å². The molecule has 0 unspecified atom stereocenters. The van der Waals surface area contributed by atoms with Crippen molar-refractivity contribution in [3.8, 4) is 5.88 Å². The van der Waals surface area contributed by atoms with Gasteiger partial charge in [0.2, 0.25) is 11.8 Å². The van der Waals surface area contributed by atoms with Crippen LogP contribution in [-0.4, -0.2) is 28.6 Å². The summed E-state index contributed by atoms with van der Waals surface area (Å²) in [6.45, 7) is 2.61. The molecule has 0 aromatic carbocycles. The Hall–Kier alpha value is -1.69. The summed E-state index contributed by atoms with van der Waals surface area (Å²) >= 11 is 1.66. The van der Waals surface area contributed by atoms with Crippen LogP contribution in [0.3, 0.4) is 0 Å². The maximum atomic E-state index is 5.56. The van der Waals surface area contributed by atoms with Crippen molar-refractivity contribution in [1.82, 2.24) is 15.0 Å². The average Bonchev–Trinajstić information content (AvgIpc) is 2.76. The second-order valence-corrected chi connectivity index (χ2v) is 4.37. The third-order valence-electron chi connectivity index (χ3n) is 2.28. The smallest absolute Gasteiger partial charge is 0.225 e. The minimum atomic E-state index is 0.566. The first-order chi connectivity index (χ1) is 8.29. The van der Waals surface area contributed by atoms with Gasteiger partial charge in [-0.3, -0.25) is 0 Å². The fourth-order valence-electron chi connectivity index (χ4n) is 1.36. The lowest BCUT2D eigenvalue weighted by Crippen LogP contribution is -2.04. The van der Waals surface area contributed by atoms with E-state index < -0.39 is 0 Å². The fourth-order valence-corrected chi connectivity index (χ4v) is 2.12. The number of hydrogen-bond acceptors (Lipinski definition) is 6. The van der Waals surface area contributed by atoms with Gasteiger partial charge in [0.05, 0.1) is 17.8 Å². The zero-order valence-electron chi connectivity index (χ0n) is 9.80. The number of rotatable bonds is 5. The fraction of sp³-hybridized carbons (Fsp3) is 0.364. The van der Waals surface area contributed by atoms with Crippen LogP contribution in [0.25, 0.3) is 0 Å². The third kappa shape index (κ3) is 3.13. The first-order valence-electron chi connectivity index (χ1n) is 5.32. The predicted octanol–water partition coefficient (Wildman–Crippen LogP) is 1.90. The Balaban J connectivity index is 1.87. The second kappa shape index (κ2) is 5.58. The maximum Gasteiger partial charge on any atom is 0.225 e. The number of aromatic nitrogens is 3. The molecule has 0 aliphatic heterocycles. The number of thiazole rings is 1. The molecule has 2 aromatic heterocycles. The molecule has 0 spiro atoms. The minimum absolute atomic E-state index is 0.566. The summed E-state index contributed by atoms with van der Waals surface area (Å²) < 4.78 is 5.56. The molecule has 2 rings (SSSR count). The molecule has 0 aliphatic rings. The van der Waals surface area contributed by atoms with Crippen molar-refractivity contribution < 1.29 is 4.74 Å². The summed E-state index contributed by atoms with van der Waals surface area (Å²) in [5.74, 6) is 1.16. The van der Waals surface area contributed by atoms with E-state index in [2.05, 4.69) is 20.3 Å². The molecule has 0 saturated carbocycles. The van der Waals surface area contributed by atoms with Crippen LogP contribution in [0.1, 0.15) is 10.6 Å². The molecule has 17 heavy (non-hydrogen) atoms. The number of nitrogens with one attached hydrogen (secondary N) is 1.